The second kappa shape index (κ2) is 11.8. The Bertz CT molecular complexity index is 909. The summed E-state index contributed by atoms with van der Waals surface area (Å²) < 4.78 is 33.3. The number of unbranched alkanes of at least 4 members (excludes halogenated alkanes) is 1. The second-order valence-corrected chi connectivity index (χ2v) is 9.29. The summed E-state index contributed by atoms with van der Waals surface area (Å²) in [4.78, 5) is 16.5. The van der Waals surface area contributed by atoms with Crippen LogP contribution in [0.5, 0.6) is 0 Å². The third kappa shape index (κ3) is 7.61. The maximum Gasteiger partial charge on any atom is 0.331 e. The zero-order valence-corrected chi connectivity index (χ0v) is 18.8. The Balaban J connectivity index is 2.09. The van der Waals surface area contributed by atoms with Gasteiger partial charge in [-0.3, -0.25) is 0 Å². The lowest BCUT2D eigenvalue weighted by molar-refractivity contribution is -0.147. The molecule has 1 aromatic heterocycles. The Morgan fingerprint density at radius 1 is 1.19 bits per heavy atom. The predicted octanol–water partition coefficient (Wildman–Crippen LogP) is 2.99. The van der Waals surface area contributed by atoms with Crippen molar-refractivity contribution in [1.29, 1.82) is 0 Å². The minimum Gasteiger partial charge on any atom is -0.480 e. The van der Waals surface area contributed by atoms with Crippen molar-refractivity contribution in [3.05, 3.63) is 60.3 Å². The van der Waals surface area contributed by atoms with Gasteiger partial charge >= 0.3 is 5.97 Å². The first kappa shape index (κ1) is 24.8. The molecule has 8 nitrogen and oxygen atoms in total. The molecule has 9 heteroatoms. The van der Waals surface area contributed by atoms with E-state index >= 15 is 0 Å². The molecule has 0 saturated carbocycles. The summed E-state index contributed by atoms with van der Waals surface area (Å²) >= 11 is 0. The van der Waals surface area contributed by atoms with E-state index in [1.807, 2.05) is 32.0 Å². The van der Waals surface area contributed by atoms with Crippen molar-refractivity contribution in [2.24, 2.45) is 0 Å². The van der Waals surface area contributed by atoms with Crippen LogP contribution in [0.3, 0.4) is 0 Å². The molecule has 0 aliphatic rings. The number of pyridine rings is 1. The summed E-state index contributed by atoms with van der Waals surface area (Å²) in [6, 6.07) is 13.9. The van der Waals surface area contributed by atoms with Gasteiger partial charge in [0, 0.05) is 18.8 Å². The van der Waals surface area contributed by atoms with Crippen molar-refractivity contribution in [3.63, 3.8) is 0 Å². The Morgan fingerprint density at radius 3 is 2.52 bits per heavy atom. The SMILES string of the molecule is CCCCS(=O)(=O)NC(COCCC(C)Nc1ccccn1)(C(=O)O)c1ccccc1. The van der Waals surface area contributed by atoms with Crippen molar-refractivity contribution in [2.75, 3.05) is 24.3 Å². The van der Waals surface area contributed by atoms with Crippen molar-refractivity contribution < 1.29 is 23.1 Å². The zero-order chi connectivity index (χ0) is 22.7. The summed E-state index contributed by atoms with van der Waals surface area (Å²) in [5.41, 5.74) is -1.58. The van der Waals surface area contributed by atoms with E-state index in [1.54, 1.807) is 36.5 Å². The standard InChI is InChI=1S/C22H31N3O5S/c1-3-4-16-31(28,29)25-22(21(26)27,19-10-6-5-7-11-19)17-30-15-13-18(2)24-20-12-8-9-14-23-20/h5-12,14,18,25H,3-4,13,15-17H2,1-2H3,(H,23,24)(H,26,27). The topological polar surface area (TPSA) is 118 Å². The van der Waals surface area contributed by atoms with Crippen molar-refractivity contribution in [3.8, 4) is 0 Å². The molecule has 2 rings (SSSR count). The molecule has 0 saturated heterocycles. The number of carboxylic acids is 1. The summed E-state index contributed by atoms with van der Waals surface area (Å²) in [6.07, 6.45) is 3.41. The van der Waals surface area contributed by atoms with Crippen LogP contribution in [0.4, 0.5) is 5.82 Å². The molecule has 0 bridgehead atoms. The first-order chi connectivity index (χ1) is 14.8. The molecule has 31 heavy (non-hydrogen) atoms. The van der Waals surface area contributed by atoms with E-state index in [0.717, 1.165) is 5.82 Å². The van der Waals surface area contributed by atoms with Gasteiger partial charge in [0.2, 0.25) is 10.0 Å². The fraction of sp³-hybridized carbons (Fsp3) is 0.455. The van der Waals surface area contributed by atoms with E-state index in [0.29, 0.717) is 24.8 Å². The van der Waals surface area contributed by atoms with Crippen LogP contribution in [-0.4, -0.2) is 49.5 Å². The molecule has 1 aromatic carbocycles. The Kier molecular flexibility index (Phi) is 9.42. The number of nitrogens with zero attached hydrogens (tertiary/aromatic N) is 1. The fourth-order valence-electron chi connectivity index (χ4n) is 3.03. The minimum absolute atomic E-state index is 0.0344. The van der Waals surface area contributed by atoms with Crippen LogP contribution in [-0.2, 0) is 25.1 Å². The number of carboxylic acid groups (broad SMARTS) is 1. The molecule has 2 aromatic rings. The lowest BCUT2D eigenvalue weighted by Crippen LogP contribution is -2.55. The van der Waals surface area contributed by atoms with Gasteiger partial charge in [0.05, 0.1) is 12.4 Å². The van der Waals surface area contributed by atoms with Crippen LogP contribution in [0, 0.1) is 0 Å². The van der Waals surface area contributed by atoms with E-state index in [2.05, 4.69) is 15.0 Å². The molecular weight excluding hydrogens is 418 g/mol. The quantitative estimate of drug-likeness (QED) is 0.380. The molecule has 170 valence electrons. The summed E-state index contributed by atoms with van der Waals surface area (Å²) in [7, 11) is -3.82. The monoisotopic (exact) mass is 449 g/mol. The molecule has 2 atom stereocenters. The van der Waals surface area contributed by atoms with Crippen LogP contribution in [0.25, 0.3) is 0 Å². The normalized spacial score (nSPS) is 14.5. The summed E-state index contributed by atoms with van der Waals surface area (Å²) in [6.45, 7) is 3.77. The number of nitrogens with one attached hydrogen (secondary N) is 2. The van der Waals surface area contributed by atoms with Gasteiger partial charge in [0.15, 0.2) is 5.54 Å². The van der Waals surface area contributed by atoms with Gasteiger partial charge in [0.25, 0.3) is 0 Å². The highest BCUT2D eigenvalue weighted by Crippen LogP contribution is 2.24. The van der Waals surface area contributed by atoms with E-state index in [4.69, 9.17) is 4.74 Å². The Morgan fingerprint density at radius 2 is 1.90 bits per heavy atom. The molecule has 1 heterocycles. The predicted molar refractivity (Wildman–Crippen MR) is 120 cm³/mol. The summed E-state index contributed by atoms with van der Waals surface area (Å²) in [5.74, 6) is -0.711. The number of aliphatic carboxylic acids is 1. The number of hydrogen-bond acceptors (Lipinski definition) is 6. The molecule has 0 amide bonds. The van der Waals surface area contributed by atoms with Crippen molar-refractivity contribution in [1.82, 2.24) is 9.71 Å². The largest absolute Gasteiger partial charge is 0.480 e. The van der Waals surface area contributed by atoms with Gasteiger partial charge in [-0.25, -0.2) is 18.2 Å². The van der Waals surface area contributed by atoms with Crippen LogP contribution >= 0.6 is 0 Å². The molecule has 0 fully saturated rings. The number of ether oxygens (including phenoxy) is 1. The highest BCUT2D eigenvalue weighted by atomic mass is 32.2. The molecule has 0 radical (unpaired) electrons. The molecule has 2 unspecified atom stereocenters. The van der Waals surface area contributed by atoms with E-state index in [9.17, 15) is 18.3 Å². The number of rotatable bonds is 14. The van der Waals surface area contributed by atoms with E-state index in [1.165, 1.54) is 0 Å². The maximum atomic E-state index is 12.6. The zero-order valence-electron chi connectivity index (χ0n) is 18.0. The molecule has 0 spiro atoms. The van der Waals surface area contributed by atoms with Crippen LogP contribution < -0.4 is 10.0 Å². The van der Waals surface area contributed by atoms with Crippen molar-refractivity contribution in [2.45, 2.75) is 44.7 Å². The molecule has 0 aliphatic heterocycles. The molecule has 0 aliphatic carbocycles. The van der Waals surface area contributed by atoms with E-state index in [-0.39, 0.29) is 25.0 Å². The number of sulfonamides is 1. The van der Waals surface area contributed by atoms with Gasteiger partial charge < -0.3 is 15.2 Å². The highest BCUT2D eigenvalue weighted by Gasteiger charge is 2.44. The Hall–Kier alpha value is -2.49. The molecular formula is C22H31N3O5S. The lowest BCUT2D eigenvalue weighted by atomic mass is 9.92. The maximum absolute atomic E-state index is 12.6. The fourth-order valence-corrected chi connectivity index (χ4v) is 4.60. The summed E-state index contributed by atoms with van der Waals surface area (Å²) in [5, 5.41) is 13.3. The second-order valence-electron chi connectivity index (χ2n) is 7.45. The van der Waals surface area contributed by atoms with Crippen molar-refractivity contribution >= 4 is 21.8 Å². The van der Waals surface area contributed by atoms with E-state index < -0.39 is 21.5 Å². The van der Waals surface area contributed by atoms with Gasteiger partial charge in [-0.2, -0.15) is 4.72 Å². The van der Waals surface area contributed by atoms with Gasteiger partial charge in [0.1, 0.15) is 5.82 Å². The van der Waals surface area contributed by atoms with Gasteiger partial charge in [-0.15, -0.1) is 0 Å². The number of carbonyl (C=O) groups is 1. The average molecular weight is 450 g/mol. The minimum atomic E-state index is -3.82. The van der Waals surface area contributed by atoms with Gasteiger partial charge in [-0.1, -0.05) is 49.7 Å². The number of benzene rings is 1. The number of aromatic nitrogens is 1. The lowest BCUT2D eigenvalue weighted by Gasteiger charge is -2.31. The van der Waals surface area contributed by atoms with Crippen LogP contribution in [0.1, 0.15) is 38.7 Å². The number of hydrogen-bond donors (Lipinski definition) is 3. The van der Waals surface area contributed by atoms with Gasteiger partial charge in [-0.05, 0) is 37.5 Å². The molecule has 3 N–H and O–H groups in total. The smallest absolute Gasteiger partial charge is 0.331 e. The third-order valence-corrected chi connectivity index (χ3v) is 6.29. The highest BCUT2D eigenvalue weighted by molar-refractivity contribution is 7.89. The van der Waals surface area contributed by atoms with Crippen LogP contribution in [0.2, 0.25) is 0 Å². The average Bonchev–Trinajstić information content (AvgIpc) is 2.75. The first-order valence-corrected chi connectivity index (χ1v) is 12.0. The third-order valence-electron chi connectivity index (χ3n) is 4.80. The Labute approximate surface area is 184 Å². The van der Waals surface area contributed by atoms with Crippen LogP contribution in [0.15, 0.2) is 54.7 Å². The first-order valence-electron chi connectivity index (χ1n) is 10.3. The number of anilines is 1.